The van der Waals surface area contributed by atoms with Crippen LogP contribution in [0.3, 0.4) is 0 Å². The van der Waals surface area contributed by atoms with Crippen molar-refractivity contribution in [2.75, 3.05) is 32.4 Å². The molecule has 2 aliphatic heterocycles. The zero-order chi connectivity index (χ0) is 22.0. The SMILES string of the molecule is COc1ccccc1C1=C(Nc2ccc3c(c2)OCO3)C(=O)N(CCOC(C)C)C1=O. The second kappa shape index (κ2) is 8.69. The fraction of sp³-hybridized carbons (Fsp3) is 0.304. The topological polar surface area (TPSA) is 86.3 Å². The molecule has 4 rings (SSSR count). The number of carbonyl (C=O) groups excluding carboxylic acids is 2. The molecule has 8 nitrogen and oxygen atoms in total. The number of nitrogens with zero attached hydrogens (tertiary/aromatic N) is 1. The van der Waals surface area contributed by atoms with E-state index >= 15 is 0 Å². The summed E-state index contributed by atoms with van der Waals surface area (Å²) in [5.41, 5.74) is 1.58. The van der Waals surface area contributed by atoms with Gasteiger partial charge in [-0.05, 0) is 32.0 Å². The van der Waals surface area contributed by atoms with E-state index < -0.39 is 11.8 Å². The zero-order valence-electron chi connectivity index (χ0n) is 17.6. The highest BCUT2D eigenvalue weighted by Crippen LogP contribution is 2.38. The lowest BCUT2D eigenvalue weighted by Crippen LogP contribution is -2.35. The number of hydrogen-bond donors (Lipinski definition) is 1. The average molecular weight is 424 g/mol. The number of imide groups is 1. The van der Waals surface area contributed by atoms with Crippen molar-refractivity contribution in [3.05, 3.63) is 53.7 Å². The standard InChI is InChI=1S/C23H24N2O6/c1-14(2)29-11-10-25-22(26)20(16-6-4-5-7-17(16)28-3)21(23(25)27)24-15-8-9-18-19(12-15)31-13-30-18/h4-9,12,14,24H,10-11,13H2,1-3H3. The second-order valence-electron chi connectivity index (χ2n) is 7.32. The van der Waals surface area contributed by atoms with Crippen molar-refractivity contribution in [2.24, 2.45) is 0 Å². The number of nitrogens with one attached hydrogen (secondary N) is 1. The summed E-state index contributed by atoms with van der Waals surface area (Å²) in [5, 5.41) is 3.12. The van der Waals surface area contributed by atoms with Crippen molar-refractivity contribution in [1.29, 1.82) is 0 Å². The van der Waals surface area contributed by atoms with E-state index in [0.29, 0.717) is 28.5 Å². The normalized spacial score (nSPS) is 15.3. The van der Waals surface area contributed by atoms with Gasteiger partial charge in [0.05, 0.1) is 31.9 Å². The number of anilines is 1. The molecule has 0 fully saturated rings. The van der Waals surface area contributed by atoms with Gasteiger partial charge in [0, 0.05) is 17.3 Å². The summed E-state index contributed by atoms with van der Waals surface area (Å²) in [6.45, 7) is 4.36. The number of methoxy groups -OCH3 is 1. The number of amides is 2. The second-order valence-corrected chi connectivity index (χ2v) is 7.32. The Labute approximate surface area is 180 Å². The van der Waals surface area contributed by atoms with Crippen LogP contribution in [-0.4, -0.2) is 49.9 Å². The van der Waals surface area contributed by atoms with Crippen LogP contribution in [0.5, 0.6) is 17.2 Å². The first kappa shape index (κ1) is 20.7. The van der Waals surface area contributed by atoms with Gasteiger partial charge in [-0.3, -0.25) is 14.5 Å². The van der Waals surface area contributed by atoms with Crippen LogP contribution in [0.15, 0.2) is 48.2 Å². The lowest BCUT2D eigenvalue weighted by molar-refractivity contribution is -0.137. The number of fused-ring (bicyclic) bond motifs is 1. The molecule has 2 heterocycles. The molecule has 8 heteroatoms. The summed E-state index contributed by atoms with van der Waals surface area (Å²) < 4.78 is 21.8. The Hall–Kier alpha value is -3.52. The van der Waals surface area contributed by atoms with E-state index in [2.05, 4.69) is 5.32 Å². The first-order chi connectivity index (χ1) is 15.0. The molecule has 0 aliphatic carbocycles. The third kappa shape index (κ3) is 4.06. The molecular weight excluding hydrogens is 400 g/mol. The number of benzene rings is 2. The van der Waals surface area contributed by atoms with Crippen LogP contribution in [0, 0.1) is 0 Å². The van der Waals surface area contributed by atoms with E-state index in [-0.39, 0.29) is 37.3 Å². The van der Waals surface area contributed by atoms with Crippen LogP contribution in [-0.2, 0) is 14.3 Å². The maximum atomic E-state index is 13.3. The van der Waals surface area contributed by atoms with Gasteiger partial charge in [-0.1, -0.05) is 18.2 Å². The van der Waals surface area contributed by atoms with Gasteiger partial charge >= 0.3 is 0 Å². The van der Waals surface area contributed by atoms with Crippen LogP contribution in [0.4, 0.5) is 5.69 Å². The Morgan fingerprint density at radius 1 is 1.06 bits per heavy atom. The Balaban J connectivity index is 1.71. The third-order valence-corrected chi connectivity index (χ3v) is 4.95. The van der Waals surface area contributed by atoms with E-state index in [0.717, 1.165) is 0 Å². The lowest BCUT2D eigenvalue weighted by atomic mass is 10.0. The molecule has 2 aromatic carbocycles. The minimum atomic E-state index is -0.420. The molecule has 0 radical (unpaired) electrons. The number of carbonyl (C=O) groups is 2. The highest BCUT2D eigenvalue weighted by atomic mass is 16.7. The van der Waals surface area contributed by atoms with Crippen molar-refractivity contribution in [2.45, 2.75) is 20.0 Å². The monoisotopic (exact) mass is 424 g/mol. The Kier molecular flexibility index (Phi) is 5.81. The van der Waals surface area contributed by atoms with E-state index in [1.165, 1.54) is 12.0 Å². The first-order valence-corrected chi connectivity index (χ1v) is 10.0. The van der Waals surface area contributed by atoms with E-state index in [1.54, 1.807) is 36.4 Å². The zero-order valence-corrected chi connectivity index (χ0v) is 17.6. The van der Waals surface area contributed by atoms with Crippen molar-refractivity contribution in [3.63, 3.8) is 0 Å². The van der Waals surface area contributed by atoms with Gasteiger partial charge in [-0.15, -0.1) is 0 Å². The summed E-state index contributed by atoms with van der Waals surface area (Å²) >= 11 is 0. The average Bonchev–Trinajstić information content (AvgIpc) is 3.31. The van der Waals surface area contributed by atoms with Crippen molar-refractivity contribution in [3.8, 4) is 17.2 Å². The lowest BCUT2D eigenvalue weighted by Gasteiger charge is -2.16. The highest BCUT2D eigenvalue weighted by molar-refractivity contribution is 6.37. The van der Waals surface area contributed by atoms with Gasteiger partial charge in [0.15, 0.2) is 11.5 Å². The summed E-state index contributed by atoms with van der Waals surface area (Å²) in [7, 11) is 1.53. The van der Waals surface area contributed by atoms with E-state index in [9.17, 15) is 9.59 Å². The fourth-order valence-corrected chi connectivity index (χ4v) is 3.49. The number of rotatable bonds is 8. The Bertz CT molecular complexity index is 1050. The van der Waals surface area contributed by atoms with E-state index in [4.69, 9.17) is 18.9 Å². The fourth-order valence-electron chi connectivity index (χ4n) is 3.49. The van der Waals surface area contributed by atoms with Crippen LogP contribution in [0.2, 0.25) is 0 Å². The molecule has 0 unspecified atom stereocenters. The van der Waals surface area contributed by atoms with Crippen molar-refractivity contribution < 1.29 is 28.5 Å². The maximum Gasteiger partial charge on any atom is 0.278 e. The van der Waals surface area contributed by atoms with Gasteiger partial charge in [0.1, 0.15) is 11.4 Å². The summed E-state index contributed by atoms with van der Waals surface area (Å²) in [4.78, 5) is 27.7. The molecule has 31 heavy (non-hydrogen) atoms. The first-order valence-electron chi connectivity index (χ1n) is 10.0. The summed E-state index contributed by atoms with van der Waals surface area (Å²) in [6.07, 6.45) is 0.000632. The maximum absolute atomic E-state index is 13.3. The number of hydrogen-bond acceptors (Lipinski definition) is 7. The smallest absolute Gasteiger partial charge is 0.278 e. The van der Waals surface area contributed by atoms with Crippen LogP contribution >= 0.6 is 0 Å². The van der Waals surface area contributed by atoms with Gasteiger partial charge in [-0.2, -0.15) is 0 Å². The number of ether oxygens (including phenoxy) is 4. The van der Waals surface area contributed by atoms with Crippen LogP contribution in [0.1, 0.15) is 19.4 Å². The molecule has 0 atom stereocenters. The molecule has 1 N–H and O–H groups in total. The molecule has 0 saturated heterocycles. The summed E-state index contributed by atoms with van der Waals surface area (Å²) in [5.74, 6) is 0.888. The molecule has 0 bridgehead atoms. The predicted octanol–water partition coefficient (Wildman–Crippen LogP) is 3.04. The van der Waals surface area contributed by atoms with E-state index in [1.807, 2.05) is 19.9 Å². The molecule has 0 aromatic heterocycles. The van der Waals surface area contributed by atoms with Crippen molar-refractivity contribution in [1.82, 2.24) is 4.90 Å². The Morgan fingerprint density at radius 3 is 2.61 bits per heavy atom. The number of para-hydroxylation sites is 1. The van der Waals surface area contributed by atoms with Gasteiger partial charge in [-0.25, -0.2) is 0 Å². The van der Waals surface area contributed by atoms with Gasteiger partial charge in [0.25, 0.3) is 11.8 Å². The van der Waals surface area contributed by atoms with Gasteiger partial charge < -0.3 is 24.3 Å². The predicted molar refractivity (Wildman–Crippen MR) is 114 cm³/mol. The van der Waals surface area contributed by atoms with Gasteiger partial charge in [0.2, 0.25) is 6.79 Å². The molecule has 162 valence electrons. The molecule has 2 aromatic rings. The minimum absolute atomic E-state index is 0.000632. The van der Waals surface area contributed by atoms with Crippen LogP contribution < -0.4 is 19.5 Å². The molecule has 2 amide bonds. The molecular formula is C23H24N2O6. The van der Waals surface area contributed by atoms with Crippen LogP contribution in [0.25, 0.3) is 5.57 Å². The molecule has 0 saturated carbocycles. The Morgan fingerprint density at radius 2 is 1.84 bits per heavy atom. The molecule has 0 spiro atoms. The summed E-state index contributed by atoms with van der Waals surface area (Å²) in [6, 6.07) is 12.4. The minimum Gasteiger partial charge on any atom is -0.496 e. The largest absolute Gasteiger partial charge is 0.496 e. The van der Waals surface area contributed by atoms with Crippen molar-refractivity contribution >= 4 is 23.1 Å². The molecule has 2 aliphatic rings. The third-order valence-electron chi connectivity index (χ3n) is 4.95. The quantitative estimate of drug-likeness (QED) is 0.652. The highest BCUT2D eigenvalue weighted by Gasteiger charge is 2.40.